The summed E-state index contributed by atoms with van der Waals surface area (Å²) in [6.07, 6.45) is -1.26. The van der Waals surface area contributed by atoms with Crippen LogP contribution in [0.5, 0.6) is 0 Å². The highest BCUT2D eigenvalue weighted by molar-refractivity contribution is 7.90. The van der Waals surface area contributed by atoms with Crippen LogP contribution in [0.1, 0.15) is 12.5 Å². The summed E-state index contributed by atoms with van der Waals surface area (Å²) in [4.78, 5) is 14.8. The van der Waals surface area contributed by atoms with Gasteiger partial charge in [0, 0.05) is 0 Å². The van der Waals surface area contributed by atoms with Crippen molar-refractivity contribution in [2.45, 2.75) is 30.9 Å². The predicted octanol–water partition coefficient (Wildman–Crippen LogP) is -0.111. The number of hydrogen-bond acceptors (Lipinski definition) is 5. The summed E-state index contributed by atoms with van der Waals surface area (Å²) < 4.78 is 26.4. The average molecular weight is 313 g/mol. The maximum absolute atomic E-state index is 12.1. The number of carboxylic acids is 1. The van der Waals surface area contributed by atoms with Crippen LogP contribution in [-0.2, 0) is 14.8 Å². The molecule has 0 aliphatic carbocycles. The van der Waals surface area contributed by atoms with Gasteiger partial charge in [0.25, 0.3) is 10.0 Å². The van der Waals surface area contributed by atoms with Crippen LogP contribution in [0.25, 0.3) is 0 Å². The van der Waals surface area contributed by atoms with Crippen molar-refractivity contribution in [2.24, 2.45) is 4.99 Å². The molecule has 4 N–H and O–H groups in total. The Morgan fingerprint density at radius 1 is 1.38 bits per heavy atom. The maximum atomic E-state index is 12.1. The molecule has 0 saturated carbocycles. The van der Waals surface area contributed by atoms with Gasteiger partial charge in [-0.2, -0.15) is 0 Å². The number of aryl methyl sites for hydroxylation is 1. The Balaban J connectivity index is 2.44. The van der Waals surface area contributed by atoms with E-state index in [9.17, 15) is 18.3 Å². The quantitative estimate of drug-likeness (QED) is 0.616. The molecular formula is C12H15N3O5S. The van der Waals surface area contributed by atoms with Crippen molar-refractivity contribution in [1.82, 2.24) is 4.72 Å². The van der Waals surface area contributed by atoms with E-state index in [1.54, 1.807) is 19.1 Å². The number of benzene rings is 1. The second kappa shape index (κ2) is 5.34. The molecule has 1 heterocycles. The van der Waals surface area contributed by atoms with E-state index in [1.807, 2.05) is 0 Å². The third-order valence-corrected chi connectivity index (χ3v) is 4.27. The summed E-state index contributed by atoms with van der Waals surface area (Å²) in [6, 6.07) is 3.30. The number of aliphatic carboxylic acids is 1. The summed E-state index contributed by atoms with van der Waals surface area (Å²) in [7, 11) is -3.83. The fourth-order valence-corrected chi connectivity index (χ4v) is 3.08. The molecule has 0 bridgehead atoms. The third-order valence-electron chi connectivity index (χ3n) is 2.89. The van der Waals surface area contributed by atoms with E-state index < -0.39 is 28.1 Å². The highest BCUT2D eigenvalue weighted by atomic mass is 32.2. The van der Waals surface area contributed by atoms with Gasteiger partial charge in [-0.15, -0.1) is 0 Å². The lowest BCUT2D eigenvalue weighted by Gasteiger charge is -2.23. The molecule has 9 heteroatoms. The number of guanidine groups is 1. The van der Waals surface area contributed by atoms with Crippen LogP contribution < -0.4 is 10.0 Å². The molecule has 2 atom stereocenters. The van der Waals surface area contributed by atoms with Gasteiger partial charge < -0.3 is 15.5 Å². The van der Waals surface area contributed by atoms with Crippen LogP contribution in [-0.4, -0.2) is 42.7 Å². The van der Waals surface area contributed by atoms with Crippen molar-refractivity contribution in [3.8, 4) is 0 Å². The van der Waals surface area contributed by atoms with Gasteiger partial charge >= 0.3 is 5.97 Å². The summed E-state index contributed by atoms with van der Waals surface area (Å²) in [5, 5.41) is 21.1. The first-order valence-corrected chi connectivity index (χ1v) is 7.58. The van der Waals surface area contributed by atoms with Gasteiger partial charge in [0.05, 0.1) is 11.8 Å². The largest absolute Gasteiger partial charge is 0.480 e. The minimum Gasteiger partial charge on any atom is -0.480 e. The Labute approximate surface area is 121 Å². The molecule has 8 nitrogen and oxygen atoms in total. The molecule has 1 aliphatic heterocycles. The number of aliphatic imine (C=N–C) groups is 1. The Kier molecular flexibility index (Phi) is 3.88. The minimum absolute atomic E-state index is 0.0605. The van der Waals surface area contributed by atoms with E-state index in [0.717, 1.165) is 5.56 Å². The molecule has 0 fully saturated rings. The fourth-order valence-electron chi connectivity index (χ4n) is 1.86. The lowest BCUT2D eigenvalue weighted by molar-refractivity contribution is -0.140. The first-order chi connectivity index (χ1) is 9.70. The Morgan fingerprint density at radius 2 is 2.05 bits per heavy atom. The van der Waals surface area contributed by atoms with E-state index in [0.29, 0.717) is 5.69 Å². The summed E-state index contributed by atoms with van der Waals surface area (Å²) in [5.74, 6) is -1.59. The topological polar surface area (TPSA) is 128 Å². The van der Waals surface area contributed by atoms with E-state index >= 15 is 0 Å². The van der Waals surface area contributed by atoms with E-state index in [4.69, 9.17) is 5.11 Å². The van der Waals surface area contributed by atoms with Crippen LogP contribution >= 0.6 is 0 Å². The van der Waals surface area contributed by atoms with Gasteiger partial charge in [0.2, 0.25) is 5.96 Å². The van der Waals surface area contributed by atoms with Crippen LogP contribution in [0.15, 0.2) is 28.1 Å². The molecule has 2 rings (SSSR count). The van der Waals surface area contributed by atoms with Crippen molar-refractivity contribution in [3.05, 3.63) is 23.8 Å². The molecule has 1 aliphatic rings. The minimum atomic E-state index is -3.83. The molecule has 1 aromatic carbocycles. The molecule has 21 heavy (non-hydrogen) atoms. The average Bonchev–Trinajstić information content (AvgIpc) is 2.35. The summed E-state index contributed by atoms with van der Waals surface area (Å²) >= 11 is 0. The monoisotopic (exact) mass is 313 g/mol. The molecule has 0 amide bonds. The molecule has 0 aromatic heterocycles. The molecule has 1 aromatic rings. The molecule has 114 valence electrons. The molecule has 2 unspecified atom stereocenters. The number of aliphatic hydroxyl groups is 1. The number of hydrogen-bond donors (Lipinski definition) is 4. The SMILES string of the molecule is Cc1ccc2c(c1)S(=O)(=O)NC(=NC(C(=O)O)C(C)O)N2. The van der Waals surface area contributed by atoms with Crippen molar-refractivity contribution in [2.75, 3.05) is 5.32 Å². The van der Waals surface area contributed by atoms with Crippen LogP contribution in [0.4, 0.5) is 5.69 Å². The Bertz CT molecular complexity index is 712. The predicted molar refractivity (Wildman–Crippen MR) is 75.7 cm³/mol. The van der Waals surface area contributed by atoms with E-state index in [-0.39, 0.29) is 10.9 Å². The standard InChI is InChI=1S/C12H15N3O5S/c1-6-3-4-8-9(5-6)21(19,20)15-12(13-8)14-10(7(2)16)11(17)18/h3-5,7,10,16H,1-2H3,(H,17,18)(H2,13,14,15). The van der Waals surface area contributed by atoms with Crippen molar-refractivity contribution < 1.29 is 23.4 Å². The number of aliphatic hydroxyl groups excluding tert-OH is 1. The number of sulfonamides is 1. The van der Waals surface area contributed by atoms with E-state index in [1.165, 1.54) is 13.0 Å². The number of nitrogens with one attached hydrogen (secondary N) is 2. The molecule has 0 saturated heterocycles. The molecular weight excluding hydrogens is 298 g/mol. The van der Waals surface area contributed by atoms with Crippen molar-refractivity contribution in [1.29, 1.82) is 0 Å². The van der Waals surface area contributed by atoms with Gasteiger partial charge in [0.15, 0.2) is 6.04 Å². The highest BCUT2D eigenvalue weighted by Crippen LogP contribution is 2.25. The number of anilines is 1. The second-order valence-corrected chi connectivity index (χ2v) is 6.38. The zero-order valence-electron chi connectivity index (χ0n) is 11.4. The smallest absolute Gasteiger partial charge is 0.331 e. The zero-order chi connectivity index (χ0) is 15.8. The maximum Gasteiger partial charge on any atom is 0.331 e. The number of carbonyl (C=O) groups is 1. The number of nitrogens with zero attached hydrogens (tertiary/aromatic N) is 1. The third kappa shape index (κ3) is 3.14. The second-order valence-electron chi connectivity index (χ2n) is 4.73. The lowest BCUT2D eigenvalue weighted by atomic mass is 10.2. The van der Waals surface area contributed by atoms with Gasteiger partial charge in [-0.05, 0) is 31.5 Å². The van der Waals surface area contributed by atoms with Crippen molar-refractivity contribution >= 4 is 27.6 Å². The van der Waals surface area contributed by atoms with Crippen LogP contribution in [0, 0.1) is 6.92 Å². The normalized spacial score (nSPS) is 20.8. The summed E-state index contributed by atoms with van der Waals surface area (Å²) in [6.45, 7) is 3.02. The first-order valence-electron chi connectivity index (χ1n) is 6.10. The van der Waals surface area contributed by atoms with Gasteiger partial charge in [-0.25, -0.2) is 22.9 Å². The first kappa shape index (κ1) is 15.3. The number of fused-ring (bicyclic) bond motifs is 1. The van der Waals surface area contributed by atoms with E-state index in [2.05, 4.69) is 15.0 Å². The lowest BCUT2D eigenvalue weighted by Crippen LogP contribution is -2.43. The fraction of sp³-hybridized carbons (Fsp3) is 0.333. The molecule has 0 radical (unpaired) electrons. The van der Waals surface area contributed by atoms with Gasteiger partial charge in [0.1, 0.15) is 4.90 Å². The summed E-state index contributed by atoms with van der Waals surface area (Å²) in [5.41, 5.74) is 1.07. The number of carboxylic acid groups (broad SMARTS) is 1. The van der Waals surface area contributed by atoms with Gasteiger partial charge in [-0.1, -0.05) is 6.07 Å². The van der Waals surface area contributed by atoms with Crippen LogP contribution in [0.3, 0.4) is 0 Å². The molecule has 0 spiro atoms. The zero-order valence-corrected chi connectivity index (χ0v) is 12.2. The Hall–Kier alpha value is -2.13. The van der Waals surface area contributed by atoms with Crippen molar-refractivity contribution in [3.63, 3.8) is 0 Å². The highest BCUT2D eigenvalue weighted by Gasteiger charge is 2.29. The number of rotatable bonds is 3. The Morgan fingerprint density at radius 3 is 2.62 bits per heavy atom. The van der Waals surface area contributed by atoms with Gasteiger partial charge in [-0.3, -0.25) is 0 Å². The van der Waals surface area contributed by atoms with Crippen LogP contribution in [0.2, 0.25) is 0 Å².